The molecule has 3 heterocycles. The second kappa shape index (κ2) is 6.06. The molecule has 0 spiro atoms. The van der Waals surface area contributed by atoms with E-state index in [1.165, 1.54) is 11.1 Å². The number of fused-ring (bicyclic) bond motifs is 3. The summed E-state index contributed by atoms with van der Waals surface area (Å²) in [6, 6.07) is 25.2. The van der Waals surface area contributed by atoms with Crippen LogP contribution < -0.4 is 4.57 Å². The van der Waals surface area contributed by atoms with Crippen molar-refractivity contribution in [3.8, 4) is 22.4 Å². The number of pyridine rings is 2. The van der Waals surface area contributed by atoms with E-state index in [9.17, 15) is 0 Å². The van der Waals surface area contributed by atoms with Gasteiger partial charge in [0.2, 0.25) is 11.4 Å². The fraction of sp³-hybridized carbons (Fsp3) is 0.0833. The summed E-state index contributed by atoms with van der Waals surface area (Å²) in [5, 5.41) is 2.15. The SMILES string of the molecule is Cc1ccc2c(n1)oc1c(-c3cc(-c4ccccc4)cc[n+]3C)cccc12. The number of para-hydroxylation sites is 1. The summed E-state index contributed by atoms with van der Waals surface area (Å²) in [4.78, 5) is 4.56. The van der Waals surface area contributed by atoms with Gasteiger partial charge in [0.05, 0.1) is 5.56 Å². The van der Waals surface area contributed by atoms with Crippen LogP contribution in [0.5, 0.6) is 0 Å². The lowest BCUT2D eigenvalue weighted by molar-refractivity contribution is -0.660. The van der Waals surface area contributed by atoms with Gasteiger partial charge in [0.25, 0.3) is 0 Å². The first kappa shape index (κ1) is 15.8. The minimum atomic E-state index is 0.694. The molecule has 5 aromatic rings. The average Bonchev–Trinajstić information content (AvgIpc) is 3.07. The molecule has 0 aliphatic heterocycles. The standard InChI is InChI=1S/C24H19N2O/c1-16-11-12-20-19-9-6-10-21(23(19)27-24(20)25-16)22-15-18(13-14-26(22)2)17-7-4-3-5-8-17/h3-15H,1-2H3/q+1. The third kappa shape index (κ3) is 2.59. The number of rotatable bonds is 2. The molecule has 0 radical (unpaired) electrons. The number of hydrogen-bond acceptors (Lipinski definition) is 2. The number of furan rings is 1. The lowest BCUT2D eigenvalue weighted by atomic mass is 10.0. The van der Waals surface area contributed by atoms with Crippen LogP contribution in [0, 0.1) is 6.92 Å². The molecule has 0 saturated carbocycles. The van der Waals surface area contributed by atoms with Crippen LogP contribution in [0.3, 0.4) is 0 Å². The van der Waals surface area contributed by atoms with E-state index in [4.69, 9.17) is 4.42 Å². The average molecular weight is 351 g/mol. The van der Waals surface area contributed by atoms with Crippen molar-refractivity contribution in [2.24, 2.45) is 7.05 Å². The van der Waals surface area contributed by atoms with Gasteiger partial charge < -0.3 is 4.42 Å². The summed E-state index contributed by atoms with van der Waals surface area (Å²) in [6.07, 6.45) is 2.10. The second-order valence-corrected chi connectivity index (χ2v) is 6.87. The van der Waals surface area contributed by atoms with Crippen LogP contribution in [0.25, 0.3) is 44.5 Å². The topological polar surface area (TPSA) is 29.9 Å². The molecule has 130 valence electrons. The molecule has 0 aliphatic rings. The first-order chi connectivity index (χ1) is 13.2. The van der Waals surface area contributed by atoms with E-state index in [0.717, 1.165) is 33.3 Å². The first-order valence-corrected chi connectivity index (χ1v) is 9.05. The molecule has 2 aromatic carbocycles. The van der Waals surface area contributed by atoms with Crippen LogP contribution in [-0.4, -0.2) is 4.98 Å². The molecule has 0 aliphatic carbocycles. The number of nitrogens with zero attached hydrogens (tertiary/aromatic N) is 2. The van der Waals surface area contributed by atoms with Crippen molar-refractivity contribution in [3.05, 3.63) is 84.7 Å². The molecule has 0 saturated heterocycles. The Morgan fingerprint density at radius 1 is 0.815 bits per heavy atom. The zero-order valence-corrected chi connectivity index (χ0v) is 15.3. The maximum absolute atomic E-state index is 6.19. The van der Waals surface area contributed by atoms with Gasteiger partial charge in [0.1, 0.15) is 7.05 Å². The Kier molecular flexibility index (Phi) is 3.54. The largest absolute Gasteiger partial charge is 0.437 e. The number of aryl methyl sites for hydroxylation is 2. The predicted octanol–water partition coefficient (Wildman–Crippen LogP) is 5.45. The summed E-state index contributed by atoms with van der Waals surface area (Å²) in [5.74, 6) is 0. The van der Waals surface area contributed by atoms with Crippen molar-refractivity contribution >= 4 is 22.1 Å². The van der Waals surface area contributed by atoms with Gasteiger partial charge in [-0.1, -0.05) is 42.5 Å². The summed E-state index contributed by atoms with van der Waals surface area (Å²) in [5.41, 5.74) is 7.10. The molecule has 3 nitrogen and oxygen atoms in total. The quantitative estimate of drug-likeness (QED) is 0.396. The minimum Gasteiger partial charge on any atom is -0.437 e. The van der Waals surface area contributed by atoms with E-state index >= 15 is 0 Å². The molecule has 3 heteroatoms. The van der Waals surface area contributed by atoms with Crippen LogP contribution in [0.15, 0.2) is 83.4 Å². The molecule has 0 fully saturated rings. The zero-order valence-electron chi connectivity index (χ0n) is 15.3. The Hall–Kier alpha value is -3.46. The third-order valence-corrected chi connectivity index (χ3v) is 5.04. The molecular formula is C24H19N2O+. The van der Waals surface area contributed by atoms with Gasteiger partial charge in [-0.2, -0.15) is 0 Å². The Morgan fingerprint density at radius 3 is 2.52 bits per heavy atom. The van der Waals surface area contributed by atoms with Crippen LogP contribution in [0.1, 0.15) is 5.69 Å². The Morgan fingerprint density at radius 2 is 1.67 bits per heavy atom. The van der Waals surface area contributed by atoms with Gasteiger partial charge in [0, 0.05) is 28.6 Å². The molecule has 0 N–H and O–H groups in total. The molecule has 0 bridgehead atoms. The highest BCUT2D eigenvalue weighted by molar-refractivity contribution is 6.08. The molecule has 27 heavy (non-hydrogen) atoms. The third-order valence-electron chi connectivity index (χ3n) is 5.04. The van der Waals surface area contributed by atoms with Crippen molar-refractivity contribution in [1.82, 2.24) is 4.98 Å². The number of aromatic nitrogens is 2. The molecule has 0 unspecified atom stereocenters. The fourth-order valence-corrected chi connectivity index (χ4v) is 3.62. The summed E-state index contributed by atoms with van der Waals surface area (Å²) >= 11 is 0. The van der Waals surface area contributed by atoms with Crippen molar-refractivity contribution in [3.63, 3.8) is 0 Å². The molecule has 3 aromatic heterocycles. The van der Waals surface area contributed by atoms with E-state index in [0.29, 0.717) is 5.71 Å². The smallest absolute Gasteiger partial charge is 0.227 e. The van der Waals surface area contributed by atoms with Crippen molar-refractivity contribution < 1.29 is 8.98 Å². The van der Waals surface area contributed by atoms with E-state index < -0.39 is 0 Å². The first-order valence-electron chi connectivity index (χ1n) is 9.05. The van der Waals surface area contributed by atoms with Crippen molar-refractivity contribution in [1.29, 1.82) is 0 Å². The normalized spacial score (nSPS) is 11.3. The summed E-state index contributed by atoms with van der Waals surface area (Å²) in [6.45, 7) is 1.98. The van der Waals surface area contributed by atoms with Crippen molar-refractivity contribution in [2.75, 3.05) is 0 Å². The molecule has 0 atom stereocenters. The number of benzene rings is 2. The van der Waals surface area contributed by atoms with Gasteiger partial charge in [-0.05, 0) is 36.2 Å². The van der Waals surface area contributed by atoms with Gasteiger partial charge in [-0.15, -0.1) is 0 Å². The number of hydrogen-bond donors (Lipinski definition) is 0. The summed E-state index contributed by atoms with van der Waals surface area (Å²) < 4.78 is 8.33. The predicted molar refractivity (Wildman–Crippen MR) is 108 cm³/mol. The Labute approximate surface area is 157 Å². The monoisotopic (exact) mass is 351 g/mol. The van der Waals surface area contributed by atoms with Crippen LogP contribution in [0.4, 0.5) is 0 Å². The Bertz CT molecular complexity index is 1290. The summed E-state index contributed by atoms with van der Waals surface area (Å²) in [7, 11) is 2.06. The fourth-order valence-electron chi connectivity index (χ4n) is 3.62. The van der Waals surface area contributed by atoms with Gasteiger partial charge >= 0.3 is 0 Å². The van der Waals surface area contributed by atoms with Crippen molar-refractivity contribution in [2.45, 2.75) is 6.92 Å². The highest BCUT2D eigenvalue weighted by Gasteiger charge is 2.19. The van der Waals surface area contributed by atoms with Crippen LogP contribution >= 0.6 is 0 Å². The Balaban J connectivity index is 1.77. The second-order valence-electron chi connectivity index (χ2n) is 6.87. The van der Waals surface area contributed by atoms with E-state index in [1.807, 2.05) is 19.1 Å². The lowest BCUT2D eigenvalue weighted by Gasteiger charge is -2.05. The van der Waals surface area contributed by atoms with Crippen LogP contribution in [0.2, 0.25) is 0 Å². The highest BCUT2D eigenvalue weighted by Crippen LogP contribution is 2.35. The van der Waals surface area contributed by atoms with Crippen LogP contribution in [-0.2, 0) is 7.05 Å². The van der Waals surface area contributed by atoms with E-state index in [1.54, 1.807) is 0 Å². The van der Waals surface area contributed by atoms with E-state index in [2.05, 4.69) is 83.5 Å². The lowest BCUT2D eigenvalue weighted by Crippen LogP contribution is -2.30. The maximum atomic E-state index is 6.19. The molecular weight excluding hydrogens is 332 g/mol. The minimum absolute atomic E-state index is 0.694. The van der Waals surface area contributed by atoms with Gasteiger partial charge in [0.15, 0.2) is 11.8 Å². The molecule has 0 amide bonds. The zero-order chi connectivity index (χ0) is 18.4. The molecule has 5 rings (SSSR count). The van der Waals surface area contributed by atoms with E-state index in [-0.39, 0.29) is 0 Å². The van der Waals surface area contributed by atoms with Gasteiger partial charge in [-0.3, -0.25) is 0 Å². The maximum Gasteiger partial charge on any atom is 0.227 e. The van der Waals surface area contributed by atoms with Gasteiger partial charge in [-0.25, -0.2) is 9.55 Å². The highest BCUT2D eigenvalue weighted by atomic mass is 16.3.